The van der Waals surface area contributed by atoms with Crippen LogP contribution < -0.4 is 4.72 Å². The maximum Gasteiger partial charge on any atom is 0.432 e. The minimum atomic E-state index is -4.63. The van der Waals surface area contributed by atoms with Gasteiger partial charge in [-0.05, 0) is 13.8 Å². The quantitative estimate of drug-likeness (QED) is 0.897. The molecule has 0 spiro atoms. The maximum atomic E-state index is 12.4. The zero-order chi connectivity index (χ0) is 16.0. The lowest BCUT2D eigenvalue weighted by molar-refractivity contribution is -0.141. The van der Waals surface area contributed by atoms with Crippen molar-refractivity contribution in [3.8, 4) is 0 Å². The van der Waals surface area contributed by atoms with Crippen LogP contribution in [-0.4, -0.2) is 28.4 Å². The molecule has 0 radical (unpaired) electrons. The van der Waals surface area contributed by atoms with Crippen molar-refractivity contribution < 1.29 is 21.6 Å². The summed E-state index contributed by atoms with van der Waals surface area (Å²) < 4.78 is 65.1. The molecule has 0 aliphatic rings. The summed E-state index contributed by atoms with van der Waals surface area (Å²) in [4.78, 5) is -0.0819. The number of rotatable bonds is 3. The van der Waals surface area contributed by atoms with Gasteiger partial charge in [-0.25, -0.2) is 8.42 Å². The number of H-pyrrole nitrogens is 1. The highest BCUT2D eigenvalue weighted by Gasteiger charge is 2.34. The Kier molecular flexibility index (Phi) is 3.48. The third-order valence-electron chi connectivity index (χ3n) is 2.83. The molecular weight excluding hydrogens is 311 g/mol. The zero-order valence-corrected chi connectivity index (χ0v) is 12.1. The summed E-state index contributed by atoms with van der Waals surface area (Å²) in [6, 6.07) is 0.582. The third-order valence-corrected chi connectivity index (χ3v) is 4.44. The molecule has 0 fully saturated rings. The monoisotopic (exact) mass is 323 g/mol. The molecule has 0 saturated carbocycles. The topological polar surface area (TPSA) is 92.7 Å². The first-order valence-corrected chi connectivity index (χ1v) is 7.16. The van der Waals surface area contributed by atoms with E-state index < -0.39 is 27.7 Å². The van der Waals surface area contributed by atoms with Crippen molar-refractivity contribution in [3.63, 3.8) is 0 Å². The number of alkyl halides is 3. The molecule has 2 aromatic heterocycles. The van der Waals surface area contributed by atoms with Gasteiger partial charge < -0.3 is 0 Å². The Bertz CT molecular complexity index is 775. The highest BCUT2D eigenvalue weighted by molar-refractivity contribution is 7.92. The van der Waals surface area contributed by atoms with Crippen molar-refractivity contribution in [1.82, 2.24) is 20.0 Å². The van der Waals surface area contributed by atoms with Gasteiger partial charge in [0.25, 0.3) is 10.0 Å². The van der Waals surface area contributed by atoms with Gasteiger partial charge in [0.2, 0.25) is 0 Å². The second-order valence-corrected chi connectivity index (χ2v) is 6.01. The Balaban J connectivity index is 2.36. The molecule has 0 aromatic carbocycles. The average Bonchev–Trinajstić information content (AvgIpc) is 2.84. The summed E-state index contributed by atoms with van der Waals surface area (Å²) in [5.41, 5.74) is -0.527. The standard InChI is InChI=1S/C10H12F3N5O2S/c1-5-9(6(2)18(3)16-5)21(19,20)17-8-4-7(14-15-8)10(11,12)13/h4H,1-3H3,(H2,14,15,17). The summed E-state index contributed by atoms with van der Waals surface area (Å²) in [5, 5.41) is 8.98. The maximum absolute atomic E-state index is 12.4. The van der Waals surface area contributed by atoms with Crippen LogP contribution in [-0.2, 0) is 23.2 Å². The van der Waals surface area contributed by atoms with Crippen LogP contribution in [0.15, 0.2) is 11.0 Å². The largest absolute Gasteiger partial charge is 0.432 e. The lowest BCUT2D eigenvalue weighted by Gasteiger charge is -2.05. The zero-order valence-electron chi connectivity index (χ0n) is 11.3. The molecule has 0 aliphatic heterocycles. The number of aromatic amines is 1. The van der Waals surface area contributed by atoms with Crippen LogP contribution in [0.5, 0.6) is 0 Å². The van der Waals surface area contributed by atoms with Crippen LogP contribution in [0.25, 0.3) is 0 Å². The number of anilines is 1. The van der Waals surface area contributed by atoms with E-state index >= 15 is 0 Å². The van der Waals surface area contributed by atoms with Crippen LogP contribution in [0.1, 0.15) is 17.1 Å². The van der Waals surface area contributed by atoms with E-state index in [4.69, 9.17) is 0 Å². The molecule has 0 aliphatic carbocycles. The van der Waals surface area contributed by atoms with Gasteiger partial charge in [-0.1, -0.05) is 0 Å². The Labute approximate surface area is 118 Å². The van der Waals surface area contributed by atoms with E-state index in [1.54, 1.807) is 19.1 Å². The molecule has 2 aromatic rings. The molecule has 21 heavy (non-hydrogen) atoms. The van der Waals surface area contributed by atoms with Gasteiger partial charge in [0, 0.05) is 13.1 Å². The van der Waals surface area contributed by atoms with E-state index in [2.05, 4.69) is 10.2 Å². The van der Waals surface area contributed by atoms with Crippen molar-refractivity contribution >= 4 is 15.8 Å². The minimum absolute atomic E-state index is 0.0819. The van der Waals surface area contributed by atoms with E-state index in [1.807, 2.05) is 4.72 Å². The number of aryl methyl sites for hydroxylation is 2. The molecule has 7 nitrogen and oxygen atoms in total. The summed E-state index contributed by atoms with van der Waals surface area (Å²) in [7, 11) is -2.50. The highest BCUT2D eigenvalue weighted by atomic mass is 32.2. The number of nitrogens with one attached hydrogen (secondary N) is 2. The first-order chi connectivity index (χ1) is 9.52. The summed E-state index contributed by atoms with van der Waals surface area (Å²) >= 11 is 0. The van der Waals surface area contributed by atoms with E-state index in [-0.39, 0.29) is 10.6 Å². The molecule has 11 heteroatoms. The lowest BCUT2D eigenvalue weighted by atomic mass is 10.4. The van der Waals surface area contributed by atoms with Crippen molar-refractivity contribution in [2.75, 3.05) is 4.72 Å². The Morgan fingerprint density at radius 3 is 2.38 bits per heavy atom. The van der Waals surface area contributed by atoms with Crippen molar-refractivity contribution in [2.45, 2.75) is 24.9 Å². The third kappa shape index (κ3) is 2.86. The van der Waals surface area contributed by atoms with E-state index in [9.17, 15) is 21.6 Å². The van der Waals surface area contributed by atoms with Crippen LogP contribution in [0, 0.1) is 13.8 Å². The number of sulfonamides is 1. The Morgan fingerprint density at radius 2 is 1.95 bits per heavy atom. The number of nitrogens with zero attached hydrogens (tertiary/aromatic N) is 3. The van der Waals surface area contributed by atoms with Gasteiger partial charge in [0.05, 0.1) is 11.4 Å². The van der Waals surface area contributed by atoms with Crippen molar-refractivity contribution in [2.24, 2.45) is 7.05 Å². The van der Waals surface area contributed by atoms with Gasteiger partial charge >= 0.3 is 6.18 Å². The molecular formula is C10H12F3N5O2S. The second kappa shape index (κ2) is 4.76. The number of hydrogen-bond acceptors (Lipinski definition) is 4. The fourth-order valence-electron chi connectivity index (χ4n) is 1.85. The molecule has 2 heterocycles. The molecule has 0 amide bonds. The summed E-state index contributed by atoms with van der Waals surface area (Å²) in [5.74, 6) is -0.440. The fraction of sp³-hybridized carbons (Fsp3) is 0.400. The van der Waals surface area contributed by atoms with Gasteiger partial charge in [-0.3, -0.25) is 14.5 Å². The molecule has 116 valence electrons. The SMILES string of the molecule is Cc1nn(C)c(C)c1S(=O)(=O)Nc1cc(C(F)(F)F)[nH]n1. The van der Waals surface area contributed by atoms with Crippen LogP contribution >= 0.6 is 0 Å². The van der Waals surface area contributed by atoms with Gasteiger partial charge in [-0.15, -0.1) is 0 Å². The number of hydrogen-bond donors (Lipinski definition) is 2. The molecule has 0 unspecified atom stereocenters. The molecule has 0 saturated heterocycles. The van der Waals surface area contributed by atoms with E-state index in [1.165, 1.54) is 11.6 Å². The number of halogens is 3. The van der Waals surface area contributed by atoms with Crippen molar-refractivity contribution in [3.05, 3.63) is 23.1 Å². The Hall–Kier alpha value is -2.04. The summed E-state index contributed by atoms with van der Waals surface area (Å²) in [6.45, 7) is 3.04. The van der Waals surface area contributed by atoms with Crippen LogP contribution in [0.4, 0.5) is 19.0 Å². The fourth-order valence-corrected chi connectivity index (χ4v) is 3.28. The molecule has 0 bridgehead atoms. The van der Waals surface area contributed by atoms with Gasteiger partial charge in [-0.2, -0.15) is 23.4 Å². The average molecular weight is 323 g/mol. The van der Waals surface area contributed by atoms with Crippen LogP contribution in [0.3, 0.4) is 0 Å². The van der Waals surface area contributed by atoms with Crippen LogP contribution in [0.2, 0.25) is 0 Å². The lowest BCUT2D eigenvalue weighted by Crippen LogP contribution is -2.15. The minimum Gasteiger partial charge on any atom is -0.271 e. The normalized spacial score (nSPS) is 12.7. The second-order valence-electron chi connectivity index (χ2n) is 4.39. The van der Waals surface area contributed by atoms with Crippen molar-refractivity contribution in [1.29, 1.82) is 0 Å². The first-order valence-electron chi connectivity index (χ1n) is 5.68. The molecule has 2 N–H and O–H groups in total. The molecule has 2 rings (SSSR count). The highest BCUT2D eigenvalue weighted by Crippen LogP contribution is 2.29. The predicted molar refractivity (Wildman–Crippen MR) is 67.1 cm³/mol. The van der Waals surface area contributed by atoms with E-state index in [0.29, 0.717) is 11.8 Å². The Morgan fingerprint density at radius 1 is 1.33 bits per heavy atom. The summed E-state index contributed by atoms with van der Waals surface area (Å²) in [6.07, 6.45) is -4.63. The molecule has 0 atom stereocenters. The predicted octanol–water partition coefficient (Wildman–Crippen LogP) is 1.58. The first kappa shape index (κ1) is 15.4. The number of aromatic nitrogens is 4. The van der Waals surface area contributed by atoms with Gasteiger partial charge in [0.1, 0.15) is 10.6 Å². The smallest absolute Gasteiger partial charge is 0.271 e. The van der Waals surface area contributed by atoms with E-state index in [0.717, 1.165) is 0 Å². The van der Waals surface area contributed by atoms with Gasteiger partial charge in [0.15, 0.2) is 5.82 Å².